The van der Waals surface area contributed by atoms with E-state index in [2.05, 4.69) is 12.2 Å². The van der Waals surface area contributed by atoms with Crippen LogP contribution in [0.5, 0.6) is 0 Å². The predicted octanol–water partition coefficient (Wildman–Crippen LogP) is 4.23. The monoisotopic (exact) mass is 515 g/mol. The van der Waals surface area contributed by atoms with Gasteiger partial charge in [-0.3, -0.25) is 13.9 Å². The minimum atomic E-state index is -3.52. The maximum absolute atomic E-state index is 13.3. The molecular formula is C28H41N3O4S. The topological polar surface area (TPSA) is 86.8 Å². The van der Waals surface area contributed by atoms with Crippen molar-refractivity contribution in [3.05, 3.63) is 65.2 Å². The Labute approximate surface area is 216 Å². The number of carbonyl (C=O) groups is 2. The van der Waals surface area contributed by atoms with E-state index >= 15 is 0 Å². The molecule has 0 aliphatic carbocycles. The van der Waals surface area contributed by atoms with Crippen molar-refractivity contribution in [2.45, 2.75) is 65.8 Å². The van der Waals surface area contributed by atoms with Crippen molar-refractivity contribution < 1.29 is 18.0 Å². The highest BCUT2D eigenvalue weighted by Gasteiger charge is 2.26. The van der Waals surface area contributed by atoms with Crippen molar-refractivity contribution in [1.29, 1.82) is 0 Å². The van der Waals surface area contributed by atoms with Crippen LogP contribution in [0.2, 0.25) is 0 Å². The zero-order chi connectivity index (χ0) is 26.7. The van der Waals surface area contributed by atoms with Gasteiger partial charge in [-0.15, -0.1) is 0 Å². The van der Waals surface area contributed by atoms with Crippen molar-refractivity contribution in [3.63, 3.8) is 0 Å². The van der Waals surface area contributed by atoms with Crippen LogP contribution >= 0.6 is 0 Å². The average molecular weight is 516 g/mol. The number of benzene rings is 2. The molecule has 0 bridgehead atoms. The molecule has 2 aromatic carbocycles. The smallest absolute Gasteiger partial charge is 0.242 e. The fraction of sp³-hybridized carbons (Fsp3) is 0.500. The molecule has 7 nitrogen and oxygen atoms in total. The van der Waals surface area contributed by atoms with Gasteiger partial charge in [0, 0.05) is 26.1 Å². The zero-order valence-corrected chi connectivity index (χ0v) is 23.1. The summed E-state index contributed by atoms with van der Waals surface area (Å²) in [4.78, 5) is 27.7. The van der Waals surface area contributed by atoms with Crippen LogP contribution in [0.15, 0.2) is 48.5 Å². The number of carbonyl (C=O) groups excluding carboxylic acids is 2. The van der Waals surface area contributed by atoms with Gasteiger partial charge in [-0.05, 0) is 62.8 Å². The molecule has 0 spiro atoms. The maximum Gasteiger partial charge on any atom is 0.242 e. The first-order valence-corrected chi connectivity index (χ1v) is 14.6. The van der Waals surface area contributed by atoms with E-state index in [1.807, 2.05) is 56.3 Å². The second kappa shape index (κ2) is 14.0. The molecule has 1 atom stereocenters. The third-order valence-corrected chi connectivity index (χ3v) is 7.66. The van der Waals surface area contributed by atoms with Crippen LogP contribution in [-0.4, -0.2) is 57.1 Å². The summed E-state index contributed by atoms with van der Waals surface area (Å²) in [5, 5.41) is 2.92. The van der Waals surface area contributed by atoms with Crippen LogP contribution in [-0.2, 0) is 26.0 Å². The predicted molar refractivity (Wildman–Crippen MR) is 147 cm³/mol. The van der Waals surface area contributed by atoms with Crippen LogP contribution in [0.3, 0.4) is 0 Å². The molecule has 0 heterocycles. The van der Waals surface area contributed by atoms with Gasteiger partial charge >= 0.3 is 0 Å². The third kappa shape index (κ3) is 8.66. The highest BCUT2D eigenvalue weighted by Crippen LogP contribution is 2.25. The Hall–Kier alpha value is -2.87. The lowest BCUT2D eigenvalue weighted by atomic mass is 10.1. The molecule has 0 fully saturated rings. The Bertz CT molecular complexity index is 1100. The first-order valence-electron chi connectivity index (χ1n) is 12.7. The Kier molecular flexibility index (Phi) is 11.4. The van der Waals surface area contributed by atoms with Crippen molar-refractivity contribution in [2.24, 2.45) is 0 Å². The number of hydrogen-bond acceptors (Lipinski definition) is 4. The molecule has 2 aromatic rings. The molecule has 0 aliphatic heterocycles. The molecule has 36 heavy (non-hydrogen) atoms. The van der Waals surface area contributed by atoms with E-state index in [9.17, 15) is 18.0 Å². The van der Waals surface area contributed by atoms with E-state index in [1.54, 1.807) is 17.9 Å². The van der Waals surface area contributed by atoms with Gasteiger partial charge in [0.05, 0.1) is 11.9 Å². The highest BCUT2D eigenvalue weighted by molar-refractivity contribution is 7.92. The van der Waals surface area contributed by atoms with Crippen molar-refractivity contribution >= 4 is 27.5 Å². The van der Waals surface area contributed by atoms with E-state index in [4.69, 9.17) is 0 Å². The summed E-state index contributed by atoms with van der Waals surface area (Å²) in [6.45, 7) is 8.85. The third-order valence-electron chi connectivity index (χ3n) is 6.48. The van der Waals surface area contributed by atoms with Gasteiger partial charge in [-0.25, -0.2) is 8.42 Å². The lowest BCUT2D eigenvalue weighted by Crippen LogP contribution is -2.49. The summed E-state index contributed by atoms with van der Waals surface area (Å²) >= 11 is 0. The SMILES string of the molecule is CCCCNC(=O)[C@H](C)N(CCc1ccccc1)C(=O)CCCN(c1cccc(C)c1C)S(C)(=O)=O. The Morgan fingerprint density at radius 2 is 1.67 bits per heavy atom. The number of aryl methyl sites for hydroxylation is 1. The molecule has 0 unspecified atom stereocenters. The quantitative estimate of drug-likeness (QED) is 0.382. The molecule has 198 valence electrons. The fourth-order valence-corrected chi connectivity index (χ4v) is 5.11. The minimum absolute atomic E-state index is 0.151. The number of rotatable bonds is 14. The van der Waals surface area contributed by atoms with Crippen molar-refractivity contribution in [3.8, 4) is 0 Å². The Morgan fingerprint density at radius 3 is 2.31 bits per heavy atom. The van der Waals surface area contributed by atoms with Crippen molar-refractivity contribution in [1.82, 2.24) is 10.2 Å². The van der Waals surface area contributed by atoms with Crippen LogP contribution in [0, 0.1) is 13.8 Å². The van der Waals surface area contributed by atoms with Crippen LogP contribution in [0.25, 0.3) is 0 Å². The van der Waals surface area contributed by atoms with Gasteiger partial charge in [-0.1, -0.05) is 55.8 Å². The Balaban J connectivity index is 2.12. The zero-order valence-electron chi connectivity index (χ0n) is 22.3. The number of nitrogens with one attached hydrogen (secondary N) is 1. The van der Waals surface area contributed by atoms with E-state index in [1.165, 1.54) is 10.6 Å². The lowest BCUT2D eigenvalue weighted by Gasteiger charge is -2.29. The standard InChI is InChI=1S/C28H41N3O4S/c1-6-7-19-29-28(33)24(4)30(21-18-25-14-9-8-10-15-25)27(32)17-12-20-31(36(5,34)35)26-16-11-13-22(2)23(26)3/h8-11,13-16,24H,6-7,12,17-21H2,1-5H3,(H,29,33)/t24-/m0/s1. The van der Waals surface area contributed by atoms with Crippen molar-refractivity contribution in [2.75, 3.05) is 30.2 Å². The van der Waals surface area contributed by atoms with Crippen LogP contribution in [0.1, 0.15) is 56.2 Å². The largest absolute Gasteiger partial charge is 0.354 e. The molecule has 0 aromatic heterocycles. The number of sulfonamides is 1. The Morgan fingerprint density at radius 1 is 0.972 bits per heavy atom. The summed E-state index contributed by atoms with van der Waals surface area (Å²) in [5.74, 6) is -0.323. The summed E-state index contributed by atoms with van der Waals surface area (Å²) < 4.78 is 26.5. The summed E-state index contributed by atoms with van der Waals surface area (Å²) in [6, 6.07) is 14.8. The van der Waals surface area contributed by atoms with Gasteiger partial charge in [-0.2, -0.15) is 0 Å². The number of anilines is 1. The molecule has 0 saturated carbocycles. The molecule has 0 saturated heterocycles. The molecule has 1 N–H and O–H groups in total. The summed E-state index contributed by atoms with van der Waals surface area (Å²) in [7, 11) is -3.52. The van der Waals surface area contributed by atoms with Gasteiger partial charge < -0.3 is 10.2 Å². The van der Waals surface area contributed by atoms with Crippen LogP contribution < -0.4 is 9.62 Å². The molecule has 0 aliphatic rings. The molecule has 2 rings (SSSR count). The molecular weight excluding hydrogens is 474 g/mol. The van der Waals surface area contributed by atoms with Gasteiger partial charge in [0.1, 0.15) is 6.04 Å². The number of unbranched alkanes of at least 4 members (excludes halogenated alkanes) is 1. The highest BCUT2D eigenvalue weighted by atomic mass is 32.2. The molecule has 2 amide bonds. The maximum atomic E-state index is 13.3. The van der Waals surface area contributed by atoms with Gasteiger partial charge in [0.25, 0.3) is 0 Å². The second-order valence-electron chi connectivity index (χ2n) is 9.30. The average Bonchev–Trinajstić information content (AvgIpc) is 2.84. The van der Waals surface area contributed by atoms with Crippen LogP contribution in [0.4, 0.5) is 5.69 Å². The minimum Gasteiger partial charge on any atom is -0.354 e. The first-order chi connectivity index (χ1) is 17.1. The van der Waals surface area contributed by atoms with E-state index in [0.717, 1.165) is 29.5 Å². The molecule has 0 radical (unpaired) electrons. The van der Waals surface area contributed by atoms with Gasteiger partial charge in [0.2, 0.25) is 21.8 Å². The molecule has 8 heteroatoms. The first kappa shape index (κ1) is 29.4. The number of amides is 2. The number of nitrogens with zero attached hydrogens (tertiary/aromatic N) is 2. The van der Waals surface area contributed by atoms with E-state index in [0.29, 0.717) is 31.6 Å². The lowest BCUT2D eigenvalue weighted by molar-refractivity contribution is -0.139. The van der Waals surface area contributed by atoms with E-state index in [-0.39, 0.29) is 24.8 Å². The fourth-order valence-electron chi connectivity index (χ4n) is 4.09. The summed E-state index contributed by atoms with van der Waals surface area (Å²) in [6.07, 6.45) is 4.19. The number of hydrogen-bond donors (Lipinski definition) is 1. The summed E-state index contributed by atoms with van der Waals surface area (Å²) in [5.41, 5.74) is 3.63. The van der Waals surface area contributed by atoms with Gasteiger partial charge in [0.15, 0.2) is 0 Å². The van der Waals surface area contributed by atoms with E-state index < -0.39 is 16.1 Å². The second-order valence-corrected chi connectivity index (χ2v) is 11.2. The normalized spacial score (nSPS) is 12.1.